The van der Waals surface area contributed by atoms with Gasteiger partial charge >= 0.3 is 0 Å². The standard InChI is InChI=1S/C24H30F2N2O2/c1-15(2)7-10-21-18-11-17(20-5-4-6-22(29)28(20)21)13-27(14-18)12-16-8-9-19(25)24(30-3)23(16)26/h4-6,8-9,15,17-18,21H,7,10-14H2,1-3H3/t17-,18+,21+/m1/s1. The number of hydrogen-bond donors (Lipinski definition) is 0. The first-order valence-electron chi connectivity index (χ1n) is 10.8. The summed E-state index contributed by atoms with van der Waals surface area (Å²) in [6.07, 6.45) is 3.09. The molecule has 1 saturated heterocycles. The minimum Gasteiger partial charge on any atom is -0.491 e. The highest BCUT2D eigenvalue weighted by Crippen LogP contribution is 2.43. The summed E-state index contributed by atoms with van der Waals surface area (Å²) in [6, 6.07) is 8.51. The average Bonchev–Trinajstić information content (AvgIpc) is 2.71. The van der Waals surface area contributed by atoms with Crippen LogP contribution in [0.5, 0.6) is 5.75 Å². The largest absolute Gasteiger partial charge is 0.491 e. The molecule has 1 aromatic heterocycles. The second-order valence-electron chi connectivity index (χ2n) is 9.14. The molecule has 0 spiro atoms. The van der Waals surface area contributed by atoms with Gasteiger partial charge in [-0.2, -0.15) is 0 Å². The Hall–Kier alpha value is -2.21. The molecule has 0 N–H and O–H groups in total. The van der Waals surface area contributed by atoms with Crippen molar-refractivity contribution in [3.05, 3.63) is 63.6 Å². The molecule has 0 radical (unpaired) electrons. The summed E-state index contributed by atoms with van der Waals surface area (Å²) in [6.45, 7) is 6.38. The lowest BCUT2D eigenvalue weighted by molar-refractivity contribution is 0.0790. The van der Waals surface area contributed by atoms with Gasteiger partial charge in [0, 0.05) is 48.9 Å². The van der Waals surface area contributed by atoms with E-state index in [4.69, 9.17) is 4.74 Å². The van der Waals surface area contributed by atoms with Gasteiger partial charge in [0.25, 0.3) is 5.56 Å². The van der Waals surface area contributed by atoms with Crippen molar-refractivity contribution in [1.29, 1.82) is 0 Å². The SMILES string of the molecule is COc1c(F)ccc(CN2C[C@H]3C[C@@H](C2)[C@H](CCC(C)C)n2c3cccc2=O)c1F. The zero-order valence-corrected chi connectivity index (χ0v) is 17.9. The maximum atomic E-state index is 14.7. The lowest BCUT2D eigenvalue weighted by Crippen LogP contribution is -2.49. The minimum atomic E-state index is -0.684. The average molecular weight is 417 g/mol. The second-order valence-corrected chi connectivity index (χ2v) is 9.14. The van der Waals surface area contributed by atoms with E-state index in [0.717, 1.165) is 38.0 Å². The van der Waals surface area contributed by atoms with Gasteiger partial charge in [-0.05, 0) is 43.2 Å². The number of halogens is 2. The molecule has 1 aromatic carbocycles. The lowest BCUT2D eigenvalue weighted by atomic mass is 9.76. The fraction of sp³-hybridized carbons (Fsp3) is 0.542. The fourth-order valence-electron chi connectivity index (χ4n) is 5.26. The van der Waals surface area contributed by atoms with Crippen molar-refractivity contribution in [3.63, 3.8) is 0 Å². The Morgan fingerprint density at radius 2 is 1.97 bits per heavy atom. The molecule has 4 rings (SSSR count). The number of aromatic nitrogens is 1. The van der Waals surface area contributed by atoms with Crippen LogP contribution in [0.4, 0.5) is 8.78 Å². The molecule has 0 aliphatic carbocycles. The van der Waals surface area contributed by atoms with E-state index in [1.54, 1.807) is 6.07 Å². The molecule has 3 atom stereocenters. The van der Waals surface area contributed by atoms with Crippen LogP contribution in [-0.2, 0) is 6.54 Å². The van der Waals surface area contributed by atoms with Crippen LogP contribution in [0.2, 0.25) is 0 Å². The summed E-state index contributed by atoms with van der Waals surface area (Å²) in [5, 5.41) is 0. The number of fused-ring (bicyclic) bond motifs is 4. The van der Waals surface area contributed by atoms with Gasteiger partial charge in [0.15, 0.2) is 17.4 Å². The van der Waals surface area contributed by atoms with Crippen molar-refractivity contribution in [1.82, 2.24) is 9.47 Å². The predicted octanol–water partition coefficient (Wildman–Crippen LogP) is 4.73. The first-order chi connectivity index (χ1) is 14.4. The first kappa shape index (κ1) is 21.0. The quantitative estimate of drug-likeness (QED) is 0.683. The molecule has 30 heavy (non-hydrogen) atoms. The van der Waals surface area contributed by atoms with E-state index in [1.807, 2.05) is 10.6 Å². The molecule has 0 amide bonds. The van der Waals surface area contributed by atoms with Crippen LogP contribution in [0.3, 0.4) is 0 Å². The van der Waals surface area contributed by atoms with Crippen molar-refractivity contribution in [2.45, 2.75) is 51.6 Å². The highest BCUT2D eigenvalue weighted by molar-refractivity contribution is 5.33. The zero-order valence-electron chi connectivity index (χ0n) is 17.9. The third-order valence-electron chi connectivity index (χ3n) is 6.64. The molecular formula is C24H30F2N2O2. The molecule has 1 fully saturated rings. The van der Waals surface area contributed by atoms with Crippen LogP contribution in [0.1, 0.15) is 56.3 Å². The monoisotopic (exact) mass is 416 g/mol. The third kappa shape index (κ3) is 3.89. The summed E-state index contributed by atoms with van der Waals surface area (Å²) >= 11 is 0. The molecule has 0 unspecified atom stereocenters. The number of pyridine rings is 1. The number of likely N-dealkylation sites (tertiary alicyclic amines) is 1. The van der Waals surface area contributed by atoms with E-state index >= 15 is 0 Å². The maximum absolute atomic E-state index is 14.7. The topological polar surface area (TPSA) is 34.5 Å². The van der Waals surface area contributed by atoms with Crippen molar-refractivity contribution < 1.29 is 13.5 Å². The predicted molar refractivity (Wildman–Crippen MR) is 113 cm³/mol. The second kappa shape index (κ2) is 8.50. The Morgan fingerprint density at radius 3 is 2.70 bits per heavy atom. The molecule has 2 aliphatic rings. The van der Waals surface area contributed by atoms with Crippen LogP contribution in [0, 0.1) is 23.5 Å². The normalized spacial score (nSPS) is 23.5. The van der Waals surface area contributed by atoms with Gasteiger partial charge in [0.2, 0.25) is 0 Å². The van der Waals surface area contributed by atoms with E-state index in [2.05, 4.69) is 24.8 Å². The van der Waals surface area contributed by atoms with Crippen LogP contribution in [0.15, 0.2) is 35.1 Å². The van der Waals surface area contributed by atoms with Gasteiger partial charge < -0.3 is 9.30 Å². The van der Waals surface area contributed by atoms with Gasteiger partial charge in [-0.1, -0.05) is 26.0 Å². The number of hydrogen-bond acceptors (Lipinski definition) is 3. The lowest BCUT2D eigenvalue weighted by Gasteiger charge is -2.47. The molecule has 162 valence electrons. The number of ether oxygens (including phenoxy) is 1. The highest BCUT2D eigenvalue weighted by atomic mass is 19.1. The summed E-state index contributed by atoms with van der Waals surface area (Å²) in [7, 11) is 1.28. The Kier molecular flexibility index (Phi) is 5.96. The third-order valence-corrected chi connectivity index (χ3v) is 6.64. The number of nitrogens with zero attached hydrogens (tertiary/aromatic N) is 2. The van der Waals surface area contributed by atoms with Gasteiger partial charge in [-0.15, -0.1) is 0 Å². The molecule has 3 heterocycles. The van der Waals surface area contributed by atoms with Crippen LogP contribution < -0.4 is 10.3 Å². The molecule has 0 saturated carbocycles. The number of methoxy groups -OCH3 is 1. The van der Waals surface area contributed by atoms with Gasteiger partial charge in [0.05, 0.1) is 7.11 Å². The van der Waals surface area contributed by atoms with Crippen molar-refractivity contribution >= 4 is 0 Å². The molecule has 2 aliphatic heterocycles. The van der Waals surface area contributed by atoms with Crippen LogP contribution in [-0.4, -0.2) is 29.7 Å². The summed E-state index contributed by atoms with van der Waals surface area (Å²) in [5.41, 5.74) is 1.62. The zero-order chi connectivity index (χ0) is 21.4. The van der Waals surface area contributed by atoms with Crippen molar-refractivity contribution in [2.24, 2.45) is 11.8 Å². The summed E-state index contributed by atoms with van der Waals surface area (Å²) in [5.74, 6) is -0.459. The molecule has 2 aromatic rings. The van der Waals surface area contributed by atoms with Crippen molar-refractivity contribution in [3.8, 4) is 5.75 Å². The van der Waals surface area contributed by atoms with Crippen LogP contribution >= 0.6 is 0 Å². The minimum absolute atomic E-state index is 0.0821. The van der Waals surface area contributed by atoms with E-state index in [1.165, 1.54) is 19.2 Å². The maximum Gasteiger partial charge on any atom is 0.250 e. The van der Waals surface area contributed by atoms with Gasteiger partial charge in [0.1, 0.15) is 0 Å². The highest BCUT2D eigenvalue weighted by Gasteiger charge is 2.40. The smallest absolute Gasteiger partial charge is 0.250 e. The Morgan fingerprint density at radius 1 is 1.17 bits per heavy atom. The number of piperidine rings is 1. The molecule has 2 bridgehead atoms. The van der Waals surface area contributed by atoms with E-state index in [0.29, 0.717) is 23.9 Å². The van der Waals surface area contributed by atoms with E-state index < -0.39 is 11.6 Å². The Bertz CT molecular complexity index is 972. The Labute approximate surface area is 176 Å². The van der Waals surface area contributed by atoms with Gasteiger partial charge in [-0.3, -0.25) is 9.69 Å². The van der Waals surface area contributed by atoms with Gasteiger partial charge in [-0.25, -0.2) is 8.78 Å². The number of benzene rings is 1. The fourth-order valence-corrected chi connectivity index (χ4v) is 5.26. The molecular weight excluding hydrogens is 386 g/mol. The summed E-state index contributed by atoms with van der Waals surface area (Å²) < 4.78 is 35.4. The molecule has 6 heteroatoms. The first-order valence-corrected chi connectivity index (χ1v) is 10.8. The molecule has 4 nitrogen and oxygen atoms in total. The van der Waals surface area contributed by atoms with E-state index in [-0.39, 0.29) is 23.3 Å². The van der Waals surface area contributed by atoms with Crippen molar-refractivity contribution in [2.75, 3.05) is 20.2 Å². The Balaban J connectivity index is 1.62. The summed E-state index contributed by atoms with van der Waals surface area (Å²) in [4.78, 5) is 15.0. The number of rotatable bonds is 6. The van der Waals surface area contributed by atoms with E-state index in [9.17, 15) is 13.6 Å². The van der Waals surface area contributed by atoms with Crippen LogP contribution in [0.25, 0.3) is 0 Å².